The van der Waals surface area contributed by atoms with Crippen LogP contribution in [0.1, 0.15) is 33.1 Å². The molecule has 2 heterocycles. The number of nitrogens with one attached hydrogen (secondary N) is 1. The highest BCUT2D eigenvalue weighted by Gasteiger charge is 2.34. The standard InChI is InChI=1S/C22H20N2O2S2/c1-2-15-6-3-4-7-18(15)24-20(25)14-28-22(24)16-9-11-17(12-10-16)23-21(26)19-8-5-13-27-19/h3-13,22H,2,14H2,1H3,(H,23,26)/t22-/m0/s1. The van der Waals surface area contributed by atoms with Gasteiger partial charge in [0.2, 0.25) is 5.91 Å². The Morgan fingerprint density at radius 2 is 1.89 bits per heavy atom. The van der Waals surface area contributed by atoms with Gasteiger partial charge in [-0.05, 0) is 47.2 Å². The predicted molar refractivity (Wildman–Crippen MR) is 117 cm³/mol. The molecule has 1 aliphatic heterocycles. The van der Waals surface area contributed by atoms with Crippen LogP contribution in [0.15, 0.2) is 66.0 Å². The van der Waals surface area contributed by atoms with E-state index in [2.05, 4.69) is 18.3 Å². The molecule has 28 heavy (non-hydrogen) atoms. The molecule has 1 N–H and O–H groups in total. The molecule has 0 bridgehead atoms. The zero-order chi connectivity index (χ0) is 19.5. The van der Waals surface area contributed by atoms with Gasteiger partial charge in [-0.25, -0.2) is 0 Å². The Morgan fingerprint density at radius 3 is 2.61 bits per heavy atom. The summed E-state index contributed by atoms with van der Waals surface area (Å²) in [6.45, 7) is 2.10. The van der Waals surface area contributed by atoms with Gasteiger partial charge in [-0.3, -0.25) is 14.5 Å². The molecule has 0 saturated carbocycles. The molecule has 3 aromatic rings. The van der Waals surface area contributed by atoms with Crippen LogP contribution in [0, 0.1) is 0 Å². The zero-order valence-electron chi connectivity index (χ0n) is 15.4. The van der Waals surface area contributed by atoms with Crippen molar-refractivity contribution in [3.63, 3.8) is 0 Å². The fourth-order valence-corrected chi connectivity index (χ4v) is 5.10. The van der Waals surface area contributed by atoms with Crippen molar-refractivity contribution in [3.8, 4) is 0 Å². The highest BCUT2D eigenvalue weighted by Crippen LogP contribution is 2.43. The maximum Gasteiger partial charge on any atom is 0.265 e. The second kappa shape index (κ2) is 8.20. The van der Waals surface area contributed by atoms with Crippen LogP contribution in [0.2, 0.25) is 0 Å². The molecular formula is C22H20N2O2S2. The number of aryl methyl sites for hydroxylation is 1. The smallest absolute Gasteiger partial charge is 0.265 e. The lowest BCUT2D eigenvalue weighted by molar-refractivity contribution is -0.115. The third-order valence-corrected chi connectivity index (χ3v) is 6.78. The Hall–Kier alpha value is -2.57. The Kier molecular flexibility index (Phi) is 5.50. The fraction of sp³-hybridized carbons (Fsp3) is 0.182. The van der Waals surface area contributed by atoms with Gasteiger partial charge in [0.05, 0.1) is 10.6 Å². The number of amides is 2. The molecule has 6 heteroatoms. The number of hydrogen-bond donors (Lipinski definition) is 1. The molecule has 4 rings (SSSR count). The quantitative estimate of drug-likeness (QED) is 0.620. The van der Waals surface area contributed by atoms with Crippen molar-refractivity contribution < 1.29 is 9.59 Å². The predicted octanol–water partition coefficient (Wildman–Crippen LogP) is 5.34. The number of thioether (sulfide) groups is 1. The number of para-hydroxylation sites is 1. The number of carbonyl (C=O) groups excluding carboxylic acids is 2. The van der Waals surface area contributed by atoms with Crippen molar-refractivity contribution in [1.29, 1.82) is 0 Å². The normalized spacial score (nSPS) is 16.4. The average molecular weight is 409 g/mol. The molecule has 0 unspecified atom stereocenters. The molecular weight excluding hydrogens is 388 g/mol. The molecule has 142 valence electrons. The van der Waals surface area contributed by atoms with Crippen LogP contribution in [0.4, 0.5) is 11.4 Å². The van der Waals surface area contributed by atoms with Gasteiger partial charge in [0.15, 0.2) is 0 Å². The molecule has 1 saturated heterocycles. The largest absolute Gasteiger partial charge is 0.321 e. The summed E-state index contributed by atoms with van der Waals surface area (Å²) in [7, 11) is 0. The van der Waals surface area contributed by atoms with Crippen LogP contribution in [-0.2, 0) is 11.2 Å². The van der Waals surface area contributed by atoms with Crippen LogP contribution in [0.3, 0.4) is 0 Å². The van der Waals surface area contributed by atoms with Gasteiger partial charge in [0.25, 0.3) is 5.91 Å². The summed E-state index contributed by atoms with van der Waals surface area (Å²) >= 11 is 3.05. The monoisotopic (exact) mass is 408 g/mol. The minimum Gasteiger partial charge on any atom is -0.321 e. The van der Waals surface area contributed by atoms with Crippen molar-refractivity contribution >= 4 is 46.3 Å². The van der Waals surface area contributed by atoms with Gasteiger partial charge in [-0.1, -0.05) is 43.3 Å². The summed E-state index contributed by atoms with van der Waals surface area (Å²) in [5.74, 6) is 0.497. The second-order valence-corrected chi connectivity index (χ2v) is 8.48. The Balaban J connectivity index is 1.56. The van der Waals surface area contributed by atoms with E-state index in [0.29, 0.717) is 10.6 Å². The molecule has 1 fully saturated rings. The van der Waals surface area contributed by atoms with Gasteiger partial charge in [0, 0.05) is 11.4 Å². The Morgan fingerprint density at radius 1 is 1.11 bits per heavy atom. The summed E-state index contributed by atoms with van der Waals surface area (Å²) in [5.41, 5.74) is 3.95. The fourth-order valence-electron chi connectivity index (χ4n) is 3.31. The number of anilines is 2. The van der Waals surface area contributed by atoms with E-state index in [4.69, 9.17) is 0 Å². The molecule has 0 spiro atoms. The van der Waals surface area contributed by atoms with Crippen LogP contribution < -0.4 is 10.2 Å². The van der Waals surface area contributed by atoms with Gasteiger partial charge < -0.3 is 5.32 Å². The van der Waals surface area contributed by atoms with Crippen LogP contribution in [-0.4, -0.2) is 17.6 Å². The van der Waals surface area contributed by atoms with Crippen molar-refractivity contribution in [3.05, 3.63) is 82.0 Å². The van der Waals surface area contributed by atoms with E-state index < -0.39 is 0 Å². The van der Waals surface area contributed by atoms with Gasteiger partial charge in [-0.15, -0.1) is 23.1 Å². The maximum atomic E-state index is 12.6. The van der Waals surface area contributed by atoms with E-state index >= 15 is 0 Å². The van der Waals surface area contributed by atoms with Crippen molar-refractivity contribution in [2.24, 2.45) is 0 Å². The first-order valence-electron chi connectivity index (χ1n) is 9.13. The van der Waals surface area contributed by atoms with Crippen molar-refractivity contribution in [2.45, 2.75) is 18.7 Å². The number of benzene rings is 2. The highest BCUT2D eigenvalue weighted by atomic mass is 32.2. The average Bonchev–Trinajstić information content (AvgIpc) is 3.39. The van der Waals surface area contributed by atoms with E-state index in [9.17, 15) is 9.59 Å². The van der Waals surface area contributed by atoms with E-state index in [-0.39, 0.29) is 17.2 Å². The van der Waals surface area contributed by atoms with Crippen LogP contribution in [0.5, 0.6) is 0 Å². The van der Waals surface area contributed by atoms with Gasteiger partial charge in [-0.2, -0.15) is 0 Å². The molecule has 1 aliphatic rings. The number of carbonyl (C=O) groups is 2. The van der Waals surface area contributed by atoms with E-state index in [1.807, 2.05) is 58.8 Å². The zero-order valence-corrected chi connectivity index (χ0v) is 17.1. The summed E-state index contributed by atoms with van der Waals surface area (Å²) in [4.78, 5) is 27.4. The lowest BCUT2D eigenvalue weighted by Crippen LogP contribution is -2.28. The van der Waals surface area contributed by atoms with E-state index in [0.717, 1.165) is 23.4 Å². The summed E-state index contributed by atoms with van der Waals surface area (Å²) in [5, 5.41) is 4.75. The first-order chi connectivity index (χ1) is 13.7. The van der Waals surface area contributed by atoms with E-state index in [1.165, 1.54) is 16.9 Å². The summed E-state index contributed by atoms with van der Waals surface area (Å²) in [6, 6.07) is 19.5. The molecule has 4 nitrogen and oxygen atoms in total. The Labute approximate surface area is 172 Å². The first kappa shape index (κ1) is 18.8. The van der Waals surface area contributed by atoms with E-state index in [1.54, 1.807) is 17.8 Å². The topological polar surface area (TPSA) is 49.4 Å². The lowest BCUT2D eigenvalue weighted by atomic mass is 10.1. The number of rotatable bonds is 5. The summed E-state index contributed by atoms with van der Waals surface area (Å²) in [6.07, 6.45) is 0.880. The molecule has 1 atom stereocenters. The maximum absolute atomic E-state index is 12.6. The molecule has 1 aromatic heterocycles. The third-order valence-electron chi connectivity index (χ3n) is 4.70. The van der Waals surface area contributed by atoms with Gasteiger partial charge in [0.1, 0.15) is 5.37 Å². The highest BCUT2D eigenvalue weighted by molar-refractivity contribution is 8.00. The minimum absolute atomic E-state index is 0.0535. The molecule has 2 amide bonds. The van der Waals surface area contributed by atoms with Crippen molar-refractivity contribution in [2.75, 3.05) is 16.0 Å². The number of thiophene rings is 1. The Bertz CT molecular complexity index is 984. The number of hydrogen-bond acceptors (Lipinski definition) is 4. The van der Waals surface area contributed by atoms with Crippen molar-refractivity contribution in [1.82, 2.24) is 0 Å². The molecule has 0 aliphatic carbocycles. The lowest BCUT2D eigenvalue weighted by Gasteiger charge is -2.26. The first-order valence-corrected chi connectivity index (χ1v) is 11.1. The molecule has 0 radical (unpaired) electrons. The third kappa shape index (κ3) is 3.70. The van der Waals surface area contributed by atoms with Crippen LogP contribution in [0.25, 0.3) is 0 Å². The number of nitrogens with zero attached hydrogens (tertiary/aromatic N) is 1. The van der Waals surface area contributed by atoms with Crippen LogP contribution >= 0.6 is 23.1 Å². The second-order valence-electron chi connectivity index (χ2n) is 6.46. The molecule has 2 aromatic carbocycles. The minimum atomic E-state index is -0.105. The SMILES string of the molecule is CCc1ccccc1N1C(=O)CS[C@H]1c1ccc(NC(=O)c2cccs2)cc1. The van der Waals surface area contributed by atoms with Gasteiger partial charge >= 0.3 is 0 Å². The summed E-state index contributed by atoms with van der Waals surface area (Å²) < 4.78 is 0.